The molecule has 26 heavy (non-hydrogen) atoms. The van der Waals surface area contributed by atoms with Crippen LogP contribution < -0.4 is 10.6 Å². The van der Waals surface area contributed by atoms with Crippen molar-refractivity contribution in [1.29, 1.82) is 0 Å². The van der Waals surface area contributed by atoms with Crippen LogP contribution in [0.4, 0.5) is 0 Å². The molecule has 0 spiro atoms. The molecule has 0 aromatic carbocycles. The van der Waals surface area contributed by atoms with E-state index in [0.717, 1.165) is 51.5 Å². The van der Waals surface area contributed by atoms with Gasteiger partial charge in [0.2, 0.25) is 0 Å². The molecule has 0 amide bonds. The van der Waals surface area contributed by atoms with Crippen LogP contribution in [0.15, 0.2) is 4.99 Å². The first-order chi connectivity index (χ1) is 12.1. The zero-order valence-corrected chi connectivity index (χ0v) is 18.0. The molecule has 1 rings (SSSR count). The number of rotatable bonds is 10. The Morgan fingerprint density at radius 2 is 1.96 bits per heavy atom. The van der Waals surface area contributed by atoms with Gasteiger partial charge < -0.3 is 20.3 Å². The minimum absolute atomic E-state index is 0.106. The molecule has 8 heteroatoms. The third kappa shape index (κ3) is 10.3. The van der Waals surface area contributed by atoms with Gasteiger partial charge in [-0.05, 0) is 31.1 Å². The first-order valence-corrected chi connectivity index (χ1v) is 11.6. The zero-order valence-electron chi connectivity index (χ0n) is 17.2. The highest BCUT2D eigenvalue weighted by Crippen LogP contribution is 2.19. The number of hydrogen-bond donors (Lipinski definition) is 2. The molecule has 0 radical (unpaired) electrons. The largest absolute Gasteiger partial charge is 0.385 e. The quantitative estimate of drug-likeness (QED) is 0.330. The van der Waals surface area contributed by atoms with Gasteiger partial charge in [0.1, 0.15) is 9.84 Å². The lowest BCUT2D eigenvalue weighted by atomic mass is 9.90. The second kappa shape index (κ2) is 11.1. The molecule has 0 unspecified atom stereocenters. The normalized spacial score (nSPS) is 18.1. The number of nitrogens with one attached hydrogen (secondary N) is 2. The van der Waals surface area contributed by atoms with Crippen LogP contribution in [0.5, 0.6) is 0 Å². The lowest BCUT2D eigenvalue weighted by Gasteiger charge is -2.33. The molecule has 2 N–H and O–H groups in total. The third-order valence-electron chi connectivity index (χ3n) is 4.86. The van der Waals surface area contributed by atoms with Gasteiger partial charge >= 0.3 is 0 Å². The Morgan fingerprint density at radius 1 is 1.31 bits per heavy atom. The van der Waals surface area contributed by atoms with Crippen LogP contribution in [0.1, 0.15) is 39.5 Å². The Morgan fingerprint density at radius 3 is 2.50 bits per heavy atom. The van der Waals surface area contributed by atoms with Crippen molar-refractivity contribution in [3.63, 3.8) is 0 Å². The van der Waals surface area contributed by atoms with E-state index in [2.05, 4.69) is 34.4 Å². The second-order valence-corrected chi connectivity index (χ2v) is 10.3. The van der Waals surface area contributed by atoms with Crippen molar-refractivity contribution in [3.05, 3.63) is 0 Å². The highest BCUT2D eigenvalue weighted by molar-refractivity contribution is 7.90. The number of nitrogens with zero attached hydrogens (tertiary/aromatic N) is 2. The Hall–Kier alpha value is -0.860. The van der Waals surface area contributed by atoms with Crippen LogP contribution in [-0.4, -0.2) is 84.3 Å². The number of sulfone groups is 1. The average Bonchev–Trinajstić information content (AvgIpc) is 2.58. The summed E-state index contributed by atoms with van der Waals surface area (Å²) < 4.78 is 27.9. The van der Waals surface area contributed by atoms with Crippen LogP contribution in [0.2, 0.25) is 0 Å². The monoisotopic (exact) mass is 390 g/mol. The van der Waals surface area contributed by atoms with Gasteiger partial charge in [-0.3, -0.25) is 4.99 Å². The van der Waals surface area contributed by atoms with Crippen molar-refractivity contribution >= 4 is 15.8 Å². The fraction of sp³-hybridized carbons (Fsp3) is 0.944. The van der Waals surface area contributed by atoms with E-state index in [4.69, 9.17) is 4.74 Å². The molecule has 0 bridgehead atoms. The van der Waals surface area contributed by atoms with E-state index in [1.807, 2.05) is 0 Å². The number of guanidine groups is 1. The van der Waals surface area contributed by atoms with E-state index in [1.54, 1.807) is 14.2 Å². The standard InChI is InChI=1S/C18H38N4O3S/c1-18(2,9-14-26(5,23)24)15-20-17(19-3)21-16-7-11-22(12-8-16)10-6-13-25-4/h16H,6-15H2,1-5H3,(H2,19,20,21). The van der Waals surface area contributed by atoms with Crippen LogP contribution >= 0.6 is 0 Å². The van der Waals surface area contributed by atoms with E-state index in [-0.39, 0.29) is 11.2 Å². The number of ether oxygens (including phenoxy) is 1. The molecule has 0 aliphatic carbocycles. The number of piperidine rings is 1. The summed E-state index contributed by atoms with van der Waals surface area (Å²) in [4.78, 5) is 6.81. The van der Waals surface area contributed by atoms with E-state index in [9.17, 15) is 8.42 Å². The summed E-state index contributed by atoms with van der Waals surface area (Å²) in [5, 5.41) is 6.87. The summed E-state index contributed by atoms with van der Waals surface area (Å²) in [7, 11) is 0.600. The molecule has 1 aliphatic heterocycles. The highest BCUT2D eigenvalue weighted by Gasteiger charge is 2.22. The van der Waals surface area contributed by atoms with Crippen LogP contribution in [0.25, 0.3) is 0 Å². The number of likely N-dealkylation sites (tertiary alicyclic amines) is 1. The summed E-state index contributed by atoms with van der Waals surface area (Å²) in [6.45, 7) is 8.97. The lowest BCUT2D eigenvalue weighted by molar-refractivity contribution is 0.155. The van der Waals surface area contributed by atoms with Gasteiger partial charge in [0.15, 0.2) is 5.96 Å². The maximum atomic E-state index is 11.4. The lowest BCUT2D eigenvalue weighted by Crippen LogP contribution is -2.50. The van der Waals surface area contributed by atoms with Crippen molar-refractivity contribution in [1.82, 2.24) is 15.5 Å². The second-order valence-electron chi connectivity index (χ2n) is 8.08. The molecule has 1 saturated heterocycles. The van der Waals surface area contributed by atoms with E-state index in [0.29, 0.717) is 19.0 Å². The number of methoxy groups -OCH3 is 1. The fourth-order valence-corrected chi connectivity index (χ4v) is 3.92. The molecule has 1 fully saturated rings. The van der Waals surface area contributed by atoms with Gasteiger partial charge in [0, 0.05) is 59.2 Å². The van der Waals surface area contributed by atoms with E-state index >= 15 is 0 Å². The minimum atomic E-state index is -2.92. The molecule has 7 nitrogen and oxygen atoms in total. The molecule has 0 aromatic heterocycles. The summed E-state index contributed by atoms with van der Waals surface area (Å²) in [5.41, 5.74) is -0.106. The molecule has 1 heterocycles. The maximum absolute atomic E-state index is 11.4. The molecule has 0 saturated carbocycles. The summed E-state index contributed by atoms with van der Waals surface area (Å²) >= 11 is 0. The van der Waals surface area contributed by atoms with Gasteiger partial charge in [0.25, 0.3) is 0 Å². The average molecular weight is 391 g/mol. The van der Waals surface area contributed by atoms with Crippen molar-refractivity contribution in [3.8, 4) is 0 Å². The number of aliphatic imine (C=N–C) groups is 1. The van der Waals surface area contributed by atoms with E-state index in [1.165, 1.54) is 6.26 Å². The number of hydrogen-bond acceptors (Lipinski definition) is 5. The minimum Gasteiger partial charge on any atom is -0.385 e. The predicted octanol–water partition coefficient (Wildman–Crippen LogP) is 1.11. The zero-order chi connectivity index (χ0) is 19.6. The summed E-state index contributed by atoms with van der Waals surface area (Å²) in [6.07, 6.45) is 5.21. The summed E-state index contributed by atoms with van der Waals surface area (Å²) in [6, 6.07) is 0.430. The molecule has 0 atom stereocenters. The Balaban J connectivity index is 2.33. The first kappa shape index (κ1) is 23.2. The first-order valence-electron chi connectivity index (χ1n) is 9.51. The van der Waals surface area contributed by atoms with Crippen molar-refractivity contribution in [2.45, 2.75) is 45.6 Å². The smallest absolute Gasteiger partial charge is 0.191 e. The summed E-state index contributed by atoms with van der Waals surface area (Å²) in [5.74, 6) is 1.02. The van der Waals surface area contributed by atoms with Crippen molar-refractivity contribution in [2.75, 3.05) is 59.0 Å². The van der Waals surface area contributed by atoms with Crippen LogP contribution in [0, 0.1) is 5.41 Å². The fourth-order valence-electron chi connectivity index (χ4n) is 2.99. The van der Waals surface area contributed by atoms with Gasteiger partial charge in [0.05, 0.1) is 5.75 Å². The predicted molar refractivity (Wildman–Crippen MR) is 109 cm³/mol. The molecule has 1 aliphatic rings. The SMILES string of the molecule is CN=C(NCC(C)(C)CCS(C)(=O)=O)NC1CCN(CCCOC)CC1. The van der Waals surface area contributed by atoms with Gasteiger partial charge in [-0.25, -0.2) is 8.42 Å². The van der Waals surface area contributed by atoms with Crippen molar-refractivity contribution < 1.29 is 13.2 Å². The Bertz CT molecular complexity index is 527. The van der Waals surface area contributed by atoms with Gasteiger partial charge in [-0.2, -0.15) is 0 Å². The third-order valence-corrected chi connectivity index (χ3v) is 5.80. The molecular formula is C18H38N4O3S. The van der Waals surface area contributed by atoms with E-state index < -0.39 is 9.84 Å². The van der Waals surface area contributed by atoms with Crippen molar-refractivity contribution in [2.24, 2.45) is 10.4 Å². The Labute approximate surface area is 159 Å². The van der Waals surface area contributed by atoms with Crippen LogP contribution in [0.3, 0.4) is 0 Å². The Kier molecular flexibility index (Phi) is 9.89. The molecular weight excluding hydrogens is 352 g/mol. The topological polar surface area (TPSA) is 83.0 Å². The van der Waals surface area contributed by atoms with Gasteiger partial charge in [-0.15, -0.1) is 0 Å². The molecule has 154 valence electrons. The molecule has 0 aromatic rings. The van der Waals surface area contributed by atoms with Gasteiger partial charge in [-0.1, -0.05) is 13.8 Å². The highest BCUT2D eigenvalue weighted by atomic mass is 32.2. The maximum Gasteiger partial charge on any atom is 0.191 e. The van der Waals surface area contributed by atoms with Crippen LogP contribution in [-0.2, 0) is 14.6 Å².